The van der Waals surface area contributed by atoms with Crippen LogP contribution in [-0.2, 0) is 13.6 Å². The molecule has 0 bridgehead atoms. The minimum Gasteiger partial charge on any atom is -1.00 e. The maximum atomic E-state index is 8.51. The molecule has 1 heterocycles. The van der Waals surface area contributed by atoms with Crippen LogP contribution >= 0.6 is 0 Å². The molecule has 1 aromatic rings. The fourth-order valence-electron chi connectivity index (χ4n) is 0.887. The number of hydrogen-bond acceptors (Lipinski definition) is 1. The van der Waals surface area contributed by atoms with Crippen molar-refractivity contribution in [2.75, 3.05) is 6.61 Å². The molecule has 1 rings (SSSR count). The fraction of sp³-hybridized carbons (Fsp3) is 0.571. The Hall–Kier alpha value is -0.350. The summed E-state index contributed by atoms with van der Waals surface area (Å²) in [6.07, 6.45) is 6.80. The zero-order valence-electron chi connectivity index (χ0n) is 6.57. The molecule has 1 aromatic heterocycles. The highest BCUT2D eigenvalue weighted by Gasteiger charge is 1.96. The molecule has 0 unspecified atom stereocenters. The Bertz CT molecular complexity index is 200. The smallest absolute Gasteiger partial charge is 0.243 e. The molecule has 11 heavy (non-hydrogen) atoms. The average molecular weight is 221 g/mol. The Morgan fingerprint density at radius 3 is 2.73 bits per heavy atom. The summed E-state index contributed by atoms with van der Waals surface area (Å²) < 4.78 is 4.04. The summed E-state index contributed by atoms with van der Waals surface area (Å²) in [4.78, 5) is 0. The highest BCUT2D eigenvalue weighted by Crippen LogP contribution is 1.86. The molecule has 0 fully saturated rings. The lowest BCUT2D eigenvalue weighted by atomic mass is 10.4. The molecule has 0 amide bonds. The Morgan fingerprint density at radius 1 is 1.55 bits per heavy atom. The van der Waals surface area contributed by atoms with Crippen molar-refractivity contribution >= 4 is 0 Å². The van der Waals surface area contributed by atoms with Crippen LogP contribution in [0.3, 0.4) is 0 Å². The highest BCUT2D eigenvalue weighted by atomic mass is 79.9. The van der Waals surface area contributed by atoms with Crippen LogP contribution in [0, 0.1) is 0 Å². The van der Waals surface area contributed by atoms with Gasteiger partial charge in [-0.2, -0.15) is 0 Å². The summed E-state index contributed by atoms with van der Waals surface area (Å²) in [7, 11) is 1.98. The van der Waals surface area contributed by atoms with Gasteiger partial charge in [0.05, 0.1) is 13.6 Å². The summed E-state index contributed by atoms with van der Waals surface area (Å²) >= 11 is 0. The summed E-state index contributed by atoms with van der Waals surface area (Å²) in [5.41, 5.74) is 0. The van der Waals surface area contributed by atoms with E-state index in [2.05, 4.69) is 4.57 Å². The molecule has 0 aromatic carbocycles. The molecule has 1 N–H and O–H groups in total. The third kappa shape index (κ3) is 3.53. The van der Waals surface area contributed by atoms with Crippen LogP contribution < -0.4 is 21.5 Å². The predicted octanol–water partition coefficient (Wildman–Crippen LogP) is -3.30. The number of imidazole rings is 1. The third-order valence-electron chi connectivity index (χ3n) is 1.40. The molecule has 0 radical (unpaired) electrons. The van der Waals surface area contributed by atoms with Crippen LogP contribution in [0.25, 0.3) is 0 Å². The van der Waals surface area contributed by atoms with Crippen molar-refractivity contribution in [1.82, 2.24) is 4.57 Å². The number of hydrogen-bond donors (Lipinski definition) is 1. The molecule has 0 aliphatic carbocycles. The minimum absolute atomic E-state index is 0. The first-order chi connectivity index (χ1) is 4.83. The van der Waals surface area contributed by atoms with Gasteiger partial charge in [-0.05, 0) is 0 Å². The molecule has 4 heteroatoms. The summed E-state index contributed by atoms with van der Waals surface area (Å²) in [5.74, 6) is 0. The molecule has 0 saturated carbocycles. The molecule has 0 aliphatic rings. The van der Waals surface area contributed by atoms with Crippen molar-refractivity contribution in [1.29, 1.82) is 0 Å². The largest absolute Gasteiger partial charge is 1.00 e. The van der Waals surface area contributed by atoms with E-state index < -0.39 is 0 Å². The second-order valence-corrected chi connectivity index (χ2v) is 2.39. The van der Waals surface area contributed by atoms with Crippen molar-refractivity contribution in [3.8, 4) is 0 Å². The van der Waals surface area contributed by atoms with E-state index in [9.17, 15) is 0 Å². The van der Waals surface area contributed by atoms with Crippen LogP contribution in [0.1, 0.15) is 6.42 Å². The van der Waals surface area contributed by atoms with E-state index in [4.69, 9.17) is 5.11 Å². The van der Waals surface area contributed by atoms with E-state index in [0.717, 1.165) is 13.0 Å². The average Bonchev–Trinajstić information content (AvgIpc) is 2.31. The summed E-state index contributed by atoms with van der Waals surface area (Å²) in [5, 5.41) is 8.51. The van der Waals surface area contributed by atoms with Crippen molar-refractivity contribution in [2.45, 2.75) is 13.0 Å². The number of halogens is 1. The quantitative estimate of drug-likeness (QED) is 0.532. The van der Waals surface area contributed by atoms with Crippen molar-refractivity contribution < 1.29 is 26.7 Å². The van der Waals surface area contributed by atoms with Crippen LogP contribution in [0.5, 0.6) is 0 Å². The Labute approximate surface area is 77.0 Å². The lowest BCUT2D eigenvalue weighted by molar-refractivity contribution is -0.671. The van der Waals surface area contributed by atoms with Crippen molar-refractivity contribution in [3.05, 3.63) is 18.7 Å². The number of aromatic nitrogens is 2. The van der Waals surface area contributed by atoms with Crippen molar-refractivity contribution in [2.24, 2.45) is 7.05 Å². The van der Waals surface area contributed by atoms with Crippen LogP contribution in [0.4, 0.5) is 0 Å². The number of aryl methyl sites for hydroxylation is 2. The van der Waals surface area contributed by atoms with Crippen LogP contribution in [0.2, 0.25) is 0 Å². The van der Waals surface area contributed by atoms with Crippen LogP contribution in [-0.4, -0.2) is 16.3 Å². The molecule has 0 saturated heterocycles. The summed E-state index contributed by atoms with van der Waals surface area (Å²) in [6, 6.07) is 0. The molecule has 64 valence electrons. The first-order valence-corrected chi connectivity index (χ1v) is 3.45. The maximum absolute atomic E-state index is 8.51. The monoisotopic (exact) mass is 220 g/mol. The first-order valence-electron chi connectivity index (χ1n) is 3.45. The molecular weight excluding hydrogens is 208 g/mol. The molecule has 3 nitrogen and oxygen atoms in total. The van der Waals surface area contributed by atoms with Gasteiger partial charge in [-0.3, -0.25) is 0 Å². The van der Waals surface area contributed by atoms with Gasteiger partial charge >= 0.3 is 0 Å². The Kier molecular flexibility index (Phi) is 5.15. The molecule has 0 aliphatic heterocycles. The summed E-state index contributed by atoms with van der Waals surface area (Å²) in [6.45, 7) is 1.17. The van der Waals surface area contributed by atoms with E-state index in [1.54, 1.807) is 0 Å². The van der Waals surface area contributed by atoms with Gasteiger partial charge in [0.25, 0.3) is 0 Å². The normalized spacial score (nSPS) is 9.27. The number of aliphatic hydroxyl groups is 1. The van der Waals surface area contributed by atoms with Gasteiger partial charge in [-0.1, -0.05) is 0 Å². The third-order valence-corrected chi connectivity index (χ3v) is 1.40. The number of rotatable bonds is 3. The Balaban J connectivity index is 0.000001000. The van der Waals surface area contributed by atoms with Gasteiger partial charge in [-0.25, -0.2) is 9.13 Å². The lowest BCUT2D eigenvalue weighted by Crippen LogP contribution is -3.00. The van der Waals surface area contributed by atoms with E-state index in [-0.39, 0.29) is 23.6 Å². The fourth-order valence-corrected chi connectivity index (χ4v) is 0.887. The zero-order chi connectivity index (χ0) is 7.40. The molecule has 0 atom stereocenters. The lowest BCUT2D eigenvalue weighted by Gasteiger charge is -1.90. The van der Waals surface area contributed by atoms with Crippen molar-refractivity contribution in [3.63, 3.8) is 0 Å². The molecular formula is C7H13BrN2O. The zero-order valence-corrected chi connectivity index (χ0v) is 8.16. The second kappa shape index (κ2) is 5.32. The van der Waals surface area contributed by atoms with Gasteiger partial charge < -0.3 is 22.1 Å². The van der Waals surface area contributed by atoms with Crippen LogP contribution in [0.15, 0.2) is 18.7 Å². The van der Waals surface area contributed by atoms with E-state index in [1.807, 2.05) is 30.3 Å². The highest BCUT2D eigenvalue weighted by molar-refractivity contribution is 4.65. The predicted molar refractivity (Wildman–Crippen MR) is 37.3 cm³/mol. The maximum Gasteiger partial charge on any atom is 0.243 e. The minimum atomic E-state index is 0. The SMILES string of the molecule is C[n+]1ccn(CCCO)c1.[Br-]. The second-order valence-electron chi connectivity index (χ2n) is 2.39. The van der Waals surface area contributed by atoms with E-state index in [0.29, 0.717) is 0 Å². The number of nitrogens with zero attached hydrogens (tertiary/aromatic N) is 2. The van der Waals surface area contributed by atoms with E-state index >= 15 is 0 Å². The standard InChI is InChI=1S/C7H13N2O.BrH/c1-8-4-5-9(7-8)3-2-6-10;/h4-5,7,10H,2-3,6H2,1H3;1H/q+1;/p-1. The first kappa shape index (κ1) is 10.7. The number of aliphatic hydroxyl groups excluding tert-OH is 1. The van der Waals surface area contributed by atoms with Gasteiger partial charge in [0.2, 0.25) is 6.33 Å². The molecule has 0 spiro atoms. The topological polar surface area (TPSA) is 29.0 Å². The Morgan fingerprint density at radius 2 is 2.27 bits per heavy atom. The van der Waals surface area contributed by atoms with E-state index in [1.165, 1.54) is 0 Å². The van der Waals surface area contributed by atoms with Gasteiger partial charge in [0.15, 0.2) is 0 Å². The van der Waals surface area contributed by atoms with Gasteiger partial charge in [0.1, 0.15) is 12.4 Å². The van der Waals surface area contributed by atoms with Gasteiger partial charge in [0, 0.05) is 13.0 Å². The van der Waals surface area contributed by atoms with Gasteiger partial charge in [-0.15, -0.1) is 0 Å².